The van der Waals surface area contributed by atoms with Gasteiger partial charge in [-0.25, -0.2) is 4.98 Å². The predicted octanol–water partition coefficient (Wildman–Crippen LogP) is 1.33. The molecule has 2 heterocycles. The molecular weight excluding hydrogens is 274 g/mol. The molecule has 0 unspecified atom stereocenters. The maximum atomic E-state index is 11.1. The van der Waals surface area contributed by atoms with E-state index in [1.54, 1.807) is 6.92 Å². The lowest BCUT2D eigenvalue weighted by atomic mass is 10.00. The SMILES string of the molecule is Cc1nc(N2CCC(C)CC2)nc(NCCO)c1[N+](=O)[O-]. The van der Waals surface area contributed by atoms with E-state index in [-0.39, 0.29) is 24.7 Å². The normalized spacial score (nSPS) is 16.0. The molecule has 1 aromatic heterocycles. The lowest BCUT2D eigenvalue weighted by Gasteiger charge is -2.30. The van der Waals surface area contributed by atoms with E-state index in [2.05, 4.69) is 27.1 Å². The summed E-state index contributed by atoms with van der Waals surface area (Å²) in [6.45, 7) is 5.65. The largest absolute Gasteiger partial charge is 0.395 e. The summed E-state index contributed by atoms with van der Waals surface area (Å²) in [6.07, 6.45) is 2.14. The standard InChI is InChI=1S/C13H21N5O3/c1-9-3-6-17(7-4-9)13-15-10(2)11(18(20)21)12(16-13)14-5-8-19/h9,19H,3-8H2,1-2H3,(H,14,15,16). The van der Waals surface area contributed by atoms with E-state index in [4.69, 9.17) is 5.11 Å². The van der Waals surface area contributed by atoms with Gasteiger partial charge in [-0.3, -0.25) is 10.1 Å². The summed E-state index contributed by atoms with van der Waals surface area (Å²) in [5, 5.41) is 22.8. The first-order valence-electron chi connectivity index (χ1n) is 7.15. The maximum Gasteiger partial charge on any atom is 0.332 e. The second-order valence-corrected chi connectivity index (χ2v) is 5.38. The van der Waals surface area contributed by atoms with Crippen LogP contribution in [0.3, 0.4) is 0 Å². The first kappa shape index (κ1) is 15.4. The third-order valence-corrected chi connectivity index (χ3v) is 3.70. The van der Waals surface area contributed by atoms with Crippen LogP contribution in [-0.4, -0.2) is 46.2 Å². The van der Waals surface area contributed by atoms with Crippen LogP contribution in [0.2, 0.25) is 0 Å². The molecule has 0 saturated carbocycles. The van der Waals surface area contributed by atoms with Crippen LogP contribution in [0.5, 0.6) is 0 Å². The summed E-state index contributed by atoms with van der Waals surface area (Å²) in [5.41, 5.74) is 0.210. The van der Waals surface area contributed by atoms with Crippen LogP contribution in [-0.2, 0) is 0 Å². The van der Waals surface area contributed by atoms with Gasteiger partial charge in [-0.05, 0) is 25.7 Å². The van der Waals surface area contributed by atoms with Gasteiger partial charge in [-0.1, -0.05) is 6.92 Å². The van der Waals surface area contributed by atoms with E-state index in [0.29, 0.717) is 17.6 Å². The second-order valence-electron chi connectivity index (χ2n) is 5.38. The molecule has 116 valence electrons. The van der Waals surface area contributed by atoms with Crippen molar-refractivity contribution in [1.29, 1.82) is 0 Å². The van der Waals surface area contributed by atoms with E-state index in [0.717, 1.165) is 25.9 Å². The van der Waals surface area contributed by atoms with Gasteiger partial charge in [0.25, 0.3) is 0 Å². The molecule has 1 aliphatic rings. The van der Waals surface area contributed by atoms with Gasteiger partial charge in [0.1, 0.15) is 5.69 Å². The van der Waals surface area contributed by atoms with E-state index < -0.39 is 4.92 Å². The van der Waals surface area contributed by atoms with Crippen LogP contribution in [0.25, 0.3) is 0 Å². The highest BCUT2D eigenvalue weighted by Gasteiger charge is 2.25. The number of hydrogen-bond acceptors (Lipinski definition) is 7. The van der Waals surface area contributed by atoms with Crippen molar-refractivity contribution in [1.82, 2.24) is 9.97 Å². The van der Waals surface area contributed by atoms with Crippen molar-refractivity contribution >= 4 is 17.5 Å². The molecule has 8 heteroatoms. The van der Waals surface area contributed by atoms with Crippen molar-refractivity contribution in [3.8, 4) is 0 Å². The van der Waals surface area contributed by atoms with Crippen LogP contribution < -0.4 is 10.2 Å². The average Bonchev–Trinajstić information content (AvgIpc) is 2.44. The number of piperidine rings is 1. The zero-order valence-electron chi connectivity index (χ0n) is 12.4. The smallest absolute Gasteiger partial charge is 0.332 e. The van der Waals surface area contributed by atoms with Gasteiger partial charge in [-0.2, -0.15) is 4.98 Å². The summed E-state index contributed by atoms with van der Waals surface area (Å²) in [5.74, 6) is 1.38. The summed E-state index contributed by atoms with van der Waals surface area (Å²) < 4.78 is 0. The molecule has 0 radical (unpaired) electrons. The number of hydrogen-bond donors (Lipinski definition) is 2. The van der Waals surface area contributed by atoms with Crippen molar-refractivity contribution in [2.45, 2.75) is 26.7 Å². The maximum absolute atomic E-state index is 11.1. The fourth-order valence-corrected chi connectivity index (χ4v) is 2.42. The number of aryl methyl sites for hydroxylation is 1. The fourth-order valence-electron chi connectivity index (χ4n) is 2.42. The Morgan fingerprint density at radius 2 is 2.10 bits per heavy atom. The molecule has 1 saturated heterocycles. The van der Waals surface area contributed by atoms with Gasteiger partial charge < -0.3 is 15.3 Å². The molecule has 21 heavy (non-hydrogen) atoms. The summed E-state index contributed by atoms with van der Waals surface area (Å²) in [4.78, 5) is 21.3. The number of aromatic nitrogens is 2. The van der Waals surface area contributed by atoms with E-state index in [1.165, 1.54) is 0 Å². The number of anilines is 2. The Kier molecular flexibility index (Phi) is 4.89. The number of aliphatic hydroxyl groups is 1. The van der Waals surface area contributed by atoms with Crippen LogP contribution in [0.1, 0.15) is 25.5 Å². The minimum atomic E-state index is -0.489. The monoisotopic (exact) mass is 295 g/mol. The first-order valence-corrected chi connectivity index (χ1v) is 7.15. The van der Waals surface area contributed by atoms with Gasteiger partial charge in [0.15, 0.2) is 0 Å². The highest BCUT2D eigenvalue weighted by molar-refractivity contribution is 5.61. The highest BCUT2D eigenvalue weighted by Crippen LogP contribution is 2.29. The molecule has 1 fully saturated rings. The quantitative estimate of drug-likeness (QED) is 0.623. The lowest BCUT2D eigenvalue weighted by Crippen LogP contribution is -2.34. The Bertz CT molecular complexity index is 515. The molecule has 2 rings (SSSR count). The molecule has 0 aromatic carbocycles. The molecule has 0 spiro atoms. The number of nitrogens with zero attached hydrogens (tertiary/aromatic N) is 4. The zero-order chi connectivity index (χ0) is 15.4. The van der Waals surface area contributed by atoms with Gasteiger partial charge in [0, 0.05) is 19.6 Å². The Labute approximate surface area is 123 Å². The molecule has 8 nitrogen and oxygen atoms in total. The van der Waals surface area contributed by atoms with Gasteiger partial charge in [-0.15, -0.1) is 0 Å². The lowest BCUT2D eigenvalue weighted by molar-refractivity contribution is -0.385. The predicted molar refractivity (Wildman–Crippen MR) is 79.6 cm³/mol. The van der Waals surface area contributed by atoms with Crippen LogP contribution in [0.4, 0.5) is 17.5 Å². The van der Waals surface area contributed by atoms with Gasteiger partial charge in [0.2, 0.25) is 11.8 Å². The Morgan fingerprint density at radius 1 is 1.43 bits per heavy atom. The zero-order valence-corrected chi connectivity index (χ0v) is 12.4. The van der Waals surface area contributed by atoms with Crippen molar-refractivity contribution in [3.05, 3.63) is 15.8 Å². The van der Waals surface area contributed by atoms with Crippen LogP contribution >= 0.6 is 0 Å². The molecule has 0 atom stereocenters. The molecular formula is C13H21N5O3. The highest BCUT2D eigenvalue weighted by atomic mass is 16.6. The van der Waals surface area contributed by atoms with Gasteiger partial charge >= 0.3 is 5.69 Å². The van der Waals surface area contributed by atoms with Crippen molar-refractivity contribution in [2.24, 2.45) is 5.92 Å². The molecule has 0 amide bonds. The topological polar surface area (TPSA) is 104 Å². The minimum Gasteiger partial charge on any atom is -0.395 e. The second kappa shape index (κ2) is 6.66. The van der Waals surface area contributed by atoms with E-state index >= 15 is 0 Å². The Morgan fingerprint density at radius 3 is 2.67 bits per heavy atom. The summed E-state index contributed by atoms with van der Waals surface area (Å²) in [6, 6.07) is 0. The molecule has 0 aliphatic carbocycles. The van der Waals surface area contributed by atoms with E-state index in [9.17, 15) is 10.1 Å². The number of nitrogens with one attached hydrogen (secondary N) is 1. The third kappa shape index (κ3) is 3.57. The number of nitro groups is 1. The fraction of sp³-hybridized carbons (Fsp3) is 0.692. The minimum absolute atomic E-state index is 0.114. The van der Waals surface area contributed by atoms with Crippen LogP contribution in [0, 0.1) is 23.0 Å². The molecule has 1 aliphatic heterocycles. The number of rotatable bonds is 5. The van der Waals surface area contributed by atoms with Crippen LogP contribution in [0.15, 0.2) is 0 Å². The van der Waals surface area contributed by atoms with Crippen molar-refractivity contribution in [3.63, 3.8) is 0 Å². The average molecular weight is 295 g/mol. The molecule has 2 N–H and O–H groups in total. The summed E-state index contributed by atoms with van der Waals surface area (Å²) in [7, 11) is 0. The molecule has 1 aromatic rings. The van der Waals surface area contributed by atoms with Crippen molar-refractivity contribution < 1.29 is 10.0 Å². The van der Waals surface area contributed by atoms with Gasteiger partial charge in [0.05, 0.1) is 11.5 Å². The number of aliphatic hydroxyl groups excluding tert-OH is 1. The van der Waals surface area contributed by atoms with E-state index in [1.807, 2.05) is 0 Å². The Hall–Kier alpha value is -1.96. The molecule has 0 bridgehead atoms. The Balaban J connectivity index is 2.30. The summed E-state index contributed by atoms with van der Waals surface area (Å²) >= 11 is 0. The first-order chi connectivity index (χ1) is 10.0. The van der Waals surface area contributed by atoms with Crippen molar-refractivity contribution in [2.75, 3.05) is 36.5 Å². The third-order valence-electron chi connectivity index (χ3n) is 3.70.